The van der Waals surface area contributed by atoms with Crippen LogP contribution in [0.15, 0.2) is 53.1 Å². The fourth-order valence-electron chi connectivity index (χ4n) is 2.65. The van der Waals surface area contributed by atoms with Gasteiger partial charge < -0.3 is 15.1 Å². The highest BCUT2D eigenvalue weighted by atomic mass is 19.1. The first-order chi connectivity index (χ1) is 12.0. The molecule has 2 aromatic heterocycles. The lowest BCUT2D eigenvalue weighted by molar-refractivity contribution is 0.249. The second-order valence-electron chi connectivity index (χ2n) is 5.74. The molecular formula is C18H19FN4O2. The molecule has 1 unspecified atom stereocenters. The maximum atomic E-state index is 12.9. The first-order valence-corrected chi connectivity index (χ1v) is 7.89. The van der Waals surface area contributed by atoms with Gasteiger partial charge in [0.15, 0.2) is 0 Å². The van der Waals surface area contributed by atoms with Crippen molar-refractivity contribution in [2.75, 3.05) is 11.9 Å². The van der Waals surface area contributed by atoms with E-state index in [-0.39, 0.29) is 17.9 Å². The lowest BCUT2D eigenvalue weighted by atomic mass is 10.2. The van der Waals surface area contributed by atoms with Crippen LogP contribution in [-0.4, -0.2) is 22.4 Å². The topological polar surface area (TPSA) is 72.1 Å². The van der Waals surface area contributed by atoms with Crippen LogP contribution in [0, 0.1) is 19.7 Å². The van der Waals surface area contributed by atoms with E-state index in [0.717, 1.165) is 11.4 Å². The summed E-state index contributed by atoms with van der Waals surface area (Å²) in [5.74, 6) is 0.349. The zero-order valence-corrected chi connectivity index (χ0v) is 14.0. The molecular weight excluding hydrogens is 323 g/mol. The first-order valence-electron chi connectivity index (χ1n) is 7.89. The molecule has 0 radical (unpaired) electrons. The third kappa shape index (κ3) is 4.06. The number of rotatable bonds is 5. The Bertz CT molecular complexity index is 841. The summed E-state index contributed by atoms with van der Waals surface area (Å²) in [6.45, 7) is 4.16. The highest BCUT2D eigenvalue weighted by Gasteiger charge is 2.20. The maximum absolute atomic E-state index is 12.9. The fourth-order valence-corrected chi connectivity index (χ4v) is 2.65. The number of benzene rings is 1. The fraction of sp³-hybridized carbons (Fsp3) is 0.222. The first kappa shape index (κ1) is 16.8. The van der Waals surface area contributed by atoms with Gasteiger partial charge in [0, 0.05) is 17.9 Å². The number of carbonyl (C=O) groups excluding carboxylic acids is 1. The van der Waals surface area contributed by atoms with Crippen LogP contribution in [-0.2, 0) is 0 Å². The van der Waals surface area contributed by atoms with Gasteiger partial charge in [-0.25, -0.2) is 9.18 Å². The summed E-state index contributed by atoms with van der Waals surface area (Å²) in [7, 11) is 0. The molecule has 6 nitrogen and oxygen atoms in total. The number of aryl methyl sites for hydroxylation is 2. The van der Waals surface area contributed by atoms with Gasteiger partial charge >= 0.3 is 6.03 Å². The monoisotopic (exact) mass is 342 g/mol. The highest BCUT2D eigenvalue weighted by molar-refractivity contribution is 5.89. The van der Waals surface area contributed by atoms with Gasteiger partial charge in [-0.15, -0.1) is 0 Å². The van der Waals surface area contributed by atoms with Crippen LogP contribution in [0.3, 0.4) is 0 Å². The van der Waals surface area contributed by atoms with Crippen LogP contribution < -0.4 is 10.6 Å². The van der Waals surface area contributed by atoms with E-state index in [2.05, 4.69) is 15.7 Å². The molecule has 0 aliphatic carbocycles. The number of nitrogens with one attached hydrogen (secondary N) is 2. The Balaban J connectivity index is 1.69. The summed E-state index contributed by atoms with van der Waals surface area (Å²) in [5.41, 5.74) is 2.38. The molecule has 0 aliphatic rings. The number of hydrogen-bond acceptors (Lipinski definition) is 3. The minimum absolute atomic E-state index is 0.261. The number of anilines is 1. The van der Waals surface area contributed by atoms with Gasteiger partial charge in [-0.1, -0.05) is 0 Å². The van der Waals surface area contributed by atoms with Gasteiger partial charge in [0.25, 0.3) is 0 Å². The molecule has 2 N–H and O–H groups in total. The standard InChI is InChI=1S/C18H19FN4O2/c1-12-10-13(2)23(22-12)16(17-4-3-9-25-17)11-20-18(24)21-15-7-5-14(19)6-8-15/h3-10,16H,11H2,1-2H3,(H2,20,21,24). The van der Waals surface area contributed by atoms with E-state index in [0.29, 0.717) is 18.0 Å². The smallest absolute Gasteiger partial charge is 0.319 e. The molecule has 0 spiro atoms. The average Bonchev–Trinajstić information content (AvgIpc) is 3.20. The highest BCUT2D eigenvalue weighted by Crippen LogP contribution is 2.20. The average molecular weight is 342 g/mol. The summed E-state index contributed by atoms with van der Waals surface area (Å²) in [6.07, 6.45) is 1.59. The Morgan fingerprint density at radius 1 is 1.28 bits per heavy atom. The largest absolute Gasteiger partial charge is 0.467 e. The van der Waals surface area contributed by atoms with E-state index in [4.69, 9.17) is 4.42 Å². The minimum atomic E-state index is -0.385. The van der Waals surface area contributed by atoms with Crippen molar-refractivity contribution in [1.29, 1.82) is 0 Å². The quantitative estimate of drug-likeness (QED) is 0.743. The van der Waals surface area contributed by atoms with Gasteiger partial charge in [0.05, 0.1) is 12.0 Å². The molecule has 7 heteroatoms. The van der Waals surface area contributed by atoms with E-state index in [9.17, 15) is 9.18 Å². The van der Waals surface area contributed by atoms with Crippen LogP contribution in [0.2, 0.25) is 0 Å². The van der Waals surface area contributed by atoms with Crippen molar-refractivity contribution in [3.05, 3.63) is 71.7 Å². The molecule has 2 heterocycles. The third-order valence-corrected chi connectivity index (χ3v) is 3.77. The predicted molar refractivity (Wildman–Crippen MR) is 92.0 cm³/mol. The molecule has 1 aromatic carbocycles. The van der Waals surface area contributed by atoms with Crippen LogP contribution >= 0.6 is 0 Å². The molecule has 0 saturated carbocycles. The van der Waals surface area contributed by atoms with Gasteiger partial charge in [-0.05, 0) is 56.3 Å². The molecule has 0 bridgehead atoms. The number of furan rings is 1. The molecule has 0 aliphatic heterocycles. The van der Waals surface area contributed by atoms with E-state index < -0.39 is 0 Å². The molecule has 0 saturated heterocycles. The number of nitrogens with zero attached hydrogens (tertiary/aromatic N) is 2. The van der Waals surface area contributed by atoms with Crippen molar-refractivity contribution in [3.8, 4) is 0 Å². The number of halogens is 1. The third-order valence-electron chi connectivity index (χ3n) is 3.77. The Morgan fingerprint density at radius 3 is 2.64 bits per heavy atom. The van der Waals surface area contributed by atoms with Crippen LogP contribution in [0.4, 0.5) is 14.9 Å². The Hall–Kier alpha value is -3.09. The SMILES string of the molecule is Cc1cc(C)n(C(CNC(=O)Nc2ccc(F)cc2)c2ccco2)n1. The zero-order chi connectivity index (χ0) is 17.8. The second-order valence-corrected chi connectivity index (χ2v) is 5.74. The summed E-state index contributed by atoms with van der Waals surface area (Å²) < 4.78 is 20.2. The normalized spacial score (nSPS) is 12.0. The van der Waals surface area contributed by atoms with Crippen LogP contribution in [0.25, 0.3) is 0 Å². The van der Waals surface area contributed by atoms with Crippen molar-refractivity contribution in [1.82, 2.24) is 15.1 Å². The molecule has 2 amide bonds. The van der Waals surface area contributed by atoms with Gasteiger partial charge in [0.1, 0.15) is 17.6 Å². The van der Waals surface area contributed by atoms with Gasteiger partial charge in [0.2, 0.25) is 0 Å². The van der Waals surface area contributed by atoms with E-state index in [1.807, 2.05) is 30.7 Å². The number of urea groups is 1. The minimum Gasteiger partial charge on any atom is -0.467 e. The lowest BCUT2D eigenvalue weighted by Crippen LogP contribution is -2.35. The zero-order valence-electron chi connectivity index (χ0n) is 14.0. The molecule has 3 rings (SSSR count). The van der Waals surface area contributed by atoms with E-state index >= 15 is 0 Å². The Kier molecular flexibility index (Phi) is 4.83. The maximum Gasteiger partial charge on any atom is 0.319 e. The van der Waals surface area contributed by atoms with Gasteiger partial charge in [-0.2, -0.15) is 5.10 Å². The second kappa shape index (κ2) is 7.21. The van der Waals surface area contributed by atoms with Crippen molar-refractivity contribution in [3.63, 3.8) is 0 Å². The number of aromatic nitrogens is 2. The molecule has 3 aromatic rings. The Morgan fingerprint density at radius 2 is 2.04 bits per heavy atom. The number of carbonyl (C=O) groups is 1. The number of hydrogen-bond donors (Lipinski definition) is 2. The summed E-state index contributed by atoms with van der Waals surface area (Å²) in [4.78, 5) is 12.1. The Labute approximate surface area is 144 Å². The summed E-state index contributed by atoms with van der Waals surface area (Å²) >= 11 is 0. The molecule has 25 heavy (non-hydrogen) atoms. The molecule has 1 atom stereocenters. The molecule has 0 fully saturated rings. The van der Waals surface area contributed by atoms with Gasteiger partial charge in [-0.3, -0.25) is 4.68 Å². The number of amides is 2. The predicted octanol–water partition coefficient (Wildman–Crippen LogP) is 3.64. The summed E-state index contributed by atoms with van der Waals surface area (Å²) in [5, 5.41) is 9.95. The van der Waals surface area contributed by atoms with Crippen molar-refractivity contribution in [2.45, 2.75) is 19.9 Å². The lowest BCUT2D eigenvalue weighted by Gasteiger charge is -2.18. The molecule has 130 valence electrons. The van der Waals surface area contributed by atoms with Crippen molar-refractivity contribution in [2.24, 2.45) is 0 Å². The van der Waals surface area contributed by atoms with Crippen LogP contribution in [0.5, 0.6) is 0 Å². The van der Waals surface area contributed by atoms with Crippen LogP contribution in [0.1, 0.15) is 23.2 Å². The van der Waals surface area contributed by atoms with Crippen molar-refractivity contribution >= 4 is 11.7 Å². The summed E-state index contributed by atoms with van der Waals surface area (Å²) in [6, 6.07) is 10.5. The van der Waals surface area contributed by atoms with E-state index in [1.165, 1.54) is 24.3 Å². The van der Waals surface area contributed by atoms with E-state index in [1.54, 1.807) is 12.3 Å². The van der Waals surface area contributed by atoms with Crippen molar-refractivity contribution < 1.29 is 13.6 Å².